The first kappa shape index (κ1) is 45.3. The number of para-hydroxylation sites is 2. The number of hydrogen-bond acceptors (Lipinski definition) is 8. The smallest absolute Gasteiger partial charge is 0.408 e. The number of ether oxygens (including phenoxy) is 2. The summed E-state index contributed by atoms with van der Waals surface area (Å²) in [7, 11) is 0. The number of rotatable bonds is 19. The van der Waals surface area contributed by atoms with Gasteiger partial charge in [-0.25, -0.2) is 14.4 Å². The van der Waals surface area contributed by atoms with Crippen LogP contribution in [0.5, 0.6) is 0 Å². The van der Waals surface area contributed by atoms with Gasteiger partial charge in [0.1, 0.15) is 23.7 Å². The number of benzene rings is 3. The number of aliphatic carboxylic acids is 1. The van der Waals surface area contributed by atoms with Crippen LogP contribution in [0.3, 0.4) is 0 Å². The molecule has 4 aromatic rings. The zero-order valence-corrected chi connectivity index (χ0v) is 34.5. The highest BCUT2D eigenvalue weighted by Crippen LogP contribution is 2.20. The fraction of sp³-hybridized carbons (Fsp3) is 0.409. The Kier molecular flexibility index (Phi) is 16.4. The number of anilines is 1. The standard InChI is InChI=1S/C44H56N6O9/c1-27-22-28(2)32(29(3)23-27)19-21-58-41(55)37(25-38(51)52)49-39(53)35(18-12-13-20-45-42(56)47-31-14-8-7-9-15-31)48-40(54)36(50-43(57)59-44(4,5)6)24-30-26-46-34-17-11-10-16-33(30)34/h7-11,14-17,22-23,26,35-37,46H,12-13,18-21,24-25H2,1-6H3,(H,48,54)(H,49,53)(H,50,57)(H,51,52)(H2,45,47,56)/t35-,36-,37-/m0/s1. The predicted molar refractivity (Wildman–Crippen MR) is 224 cm³/mol. The minimum Gasteiger partial charge on any atom is -0.481 e. The molecule has 5 amide bonds. The Morgan fingerprint density at radius 3 is 2.12 bits per heavy atom. The molecule has 15 nitrogen and oxygen atoms in total. The Bertz CT molecular complexity index is 2070. The molecule has 1 heterocycles. The zero-order chi connectivity index (χ0) is 43.1. The molecule has 0 bridgehead atoms. The largest absolute Gasteiger partial charge is 0.481 e. The minimum absolute atomic E-state index is 0.0256. The van der Waals surface area contributed by atoms with Crippen molar-refractivity contribution in [2.24, 2.45) is 0 Å². The molecule has 4 rings (SSSR count). The number of carboxylic acids is 1. The van der Waals surface area contributed by atoms with Gasteiger partial charge in [0.25, 0.3) is 0 Å². The van der Waals surface area contributed by atoms with Crippen molar-refractivity contribution in [3.8, 4) is 0 Å². The van der Waals surface area contributed by atoms with Crippen LogP contribution in [-0.2, 0) is 41.5 Å². The van der Waals surface area contributed by atoms with E-state index in [4.69, 9.17) is 9.47 Å². The topological polar surface area (TPSA) is 217 Å². The van der Waals surface area contributed by atoms with E-state index in [0.717, 1.165) is 38.7 Å². The second kappa shape index (κ2) is 21.4. The number of esters is 1. The first-order chi connectivity index (χ1) is 28.0. The van der Waals surface area contributed by atoms with Gasteiger partial charge in [-0.3, -0.25) is 14.4 Å². The van der Waals surface area contributed by atoms with Gasteiger partial charge in [0.15, 0.2) is 0 Å². The van der Waals surface area contributed by atoms with Crippen molar-refractivity contribution in [1.29, 1.82) is 0 Å². The van der Waals surface area contributed by atoms with Gasteiger partial charge < -0.3 is 46.1 Å². The summed E-state index contributed by atoms with van der Waals surface area (Å²) in [6, 6.07) is 15.9. The summed E-state index contributed by atoms with van der Waals surface area (Å²) in [4.78, 5) is 81.8. The molecule has 59 heavy (non-hydrogen) atoms. The number of fused-ring (bicyclic) bond motifs is 1. The van der Waals surface area contributed by atoms with E-state index in [2.05, 4.69) is 31.6 Å². The van der Waals surface area contributed by atoms with Gasteiger partial charge in [-0.2, -0.15) is 0 Å². The molecule has 0 saturated carbocycles. The van der Waals surface area contributed by atoms with Crippen molar-refractivity contribution in [3.05, 3.63) is 101 Å². The van der Waals surface area contributed by atoms with Crippen LogP contribution >= 0.6 is 0 Å². The Balaban J connectivity index is 1.50. The quantitative estimate of drug-likeness (QED) is 0.0453. The van der Waals surface area contributed by atoms with E-state index in [1.807, 2.05) is 63.2 Å². The molecule has 0 aliphatic rings. The number of carboxylic acid groups (broad SMARTS) is 1. The highest BCUT2D eigenvalue weighted by Gasteiger charge is 2.32. The Morgan fingerprint density at radius 1 is 0.797 bits per heavy atom. The van der Waals surface area contributed by atoms with Crippen molar-refractivity contribution >= 4 is 52.5 Å². The first-order valence-electron chi connectivity index (χ1n) is 19.7. The molecule has 0 aliphatic heterocycles. The molecule has 0 spiro atoms. The van der Waals surface area contributed by atoms with Crippen LogP contribution < -0.4 is 26.6 Å². The van der Waals surface area contributed by atoms with Gasteiger partial charge in [-0.15, -0.1) is 0 Å². The summed E-state index contributed by atoms with van der Waals surface area (Å²) in [5.41, 5.74) is 5.45. The lowest BCUT2D eigenvalue weighted by Crippen LogP contribution is -2.56. The monoisotopic (exact) mass is 812 g/mol. The van der Waals surface area contributed by atoms with E-state index in [0.29, 0.717) is 24.9 Å². The van der Waals surface area contributed by atoms with Crippen LogP contribution in [0.15, 0.2) is 72.9 Å². The fourth-order valence-electron chi connectivity index (χ4n) is 6.69. The highest BCUT2D eigenvalue weighted by atomic mass is 16.6. The second-order valence-electron chi connectivity index (χ2n) is 15.5. The van der Waals surface area contributed by atoms with Crippen LogP contribution in [0.2, 0.25) is 0 Å². The molecule has 316 valence electrons. The second-order valence-corrected chi connectivity index (χ2v) is 15.5. The number of carbonyl (C=O) groups excluding carboxylic acids is 5. The van der Waals surface area contributed by atoms with Crippen molar-refractivity contribution in [3.63, 3.8) is 0 Å². The highest BCUT2D eigenvalue weighted by molar-refractivity contribution is 5.94. The lowest BCUT2D eigenvalue weighted by Gasteiger charge is -2.26. The summed E-state index contributed by atoms with van der Waals surface area (Å²) < 4.78 is 10.9. The maximum Gasteiger partial charge on any atom is 0.408 e. The lowest BCUT2D eigenvalue weighted by atomic mass is 9.98. The number of nitrogens with one attached hydrogen (secondary N) is 6. The number of aryl methyl sites for hydroxylation is 3. The van der Waals surface area contributed by atoms with Crippen molar-refractivity contribution < 1.29 is 43.3 Å². The van der Waals surface area contributed by atoms with E-state index >= 15 is 0 Å². The van der Waals surface area contributed by atoms with E-state index in [1.165, 1.54) is 0 Å². The molecule has 1 aromatic heterocycles. The van der Waals surface area contributed by atoms with Gasteiger partial charge in [0, 0.05) is 42.2 Å². The number of amides is 5. The number of carbonyl (C=O) groups is 6. The third-order valence-corrected chi connectivity index (χ3v) is 9.39. The average Bonchev–Trinajstić information content (AvgIpc) is 3.56. The summed E-state index contributed by atoms with van der Waals surface area (Å²) in [6.07, 6.45) is 1.28. The number of unbranched alkanes of at least 4 members (excludes halogenated alkanes) is 1. The van der Waals surface area contributed by atoms with Crippen LogP contribution in [0, 0.1) is 20.8 Å². The van der Waals surface area contributed by atoms with Crippen LogP contribution in [0.1, 0.15) is 74.3 Å². The minimum atomic E-state index is -1.56. The number of H-pyrrole nitrogens is 1. The average molecular weight is 813 g/mol. The summed E-state index contributed by atoms with van der Waals surface area (Å²) in [6.45, 7) is 11.2. The van der Waals surface area contributed by atoms with Crippen LogP contribution in [0.25, 0.3) is 10.9 Å². The van der Waals surface area contributed by atoms with Crippen molar-refractivity contribution in [1.82, 2.24) is 26.3 Å². The van der Waals surface area contributed by atoms with Gasteiger partial charge in [0.2, 0.25) is 11.8 Å². The number of alkyl carbamates (subject to hydrolysis) is 1. The Morgan fingerprint density at radius 2 is 1.44 bits per heavy atom. The molecular formula is C44H56N6O9. The molecule has 3 atom stereocenters. The normalized spacial score (nSPS) is 12.7. The van der Waals surface area contributed by atoms with E-state index in [-0.39, 0.29) is 26.0 Å². The van der Waals surface area contributed by atoms with Gasteiger partial charge in [-0.05, 0) is 101 Å². The third kappa shape index (κ3) is 14.8. The molecule has 15 heteroatoms. The molecule has 0 aliphatic carbocycles. The summed E-state index contributed by atoms with van der Waals surface area (Å²) in [5.74, 6) is -3.84. The third-order valence-electron chi connectivity index (χ3n) is 9.39. The first-order valence-corrected chi connectivity index (χ1v) is 19.7. The van der Waals surface area contributed by atoms with Gasteiger partial charge in [-0.1, -0.05) is 54.1 Å². The van der Waals surface area contributed by atoms with Crippen molar-refractivity contribution in [2.75, 3.05) is 18.5 Å². The molecule has 0 fully saturated rings. The van der Waals surface area contributed by atoms with E-state index in [9.17, 15) is 33.9 Å². The number of aromatic amines is 1. The van der Waals surface area contributed by atoms with Crippen LogP contribution in [-0.4, -0.2) is 82.8 Å². The predicted octanol–water partition coefficient (Wildman–Crippen LogP) is 5.75. The lowest BCUT2D eigenvalue weighted by molar-refractivity contribution is -0.152. The molecule has 3 aromatic carbocycles. The maximum absolute atomic E-state index is 14.1. The van der Waals surface area contributed by atoms with E-state index < -0.39 is 66.0 Å². The zero-order valence-electron chi connectivity index (χ0n) is 34.5. The molecule has 0 saturated heterocycles. The van der Waals surface area contributed by atoms with E-state index in [1.54, 1.807) is 51.2 Å². The fourth-order valence-corrected chi connectivity index (χ4v) is 6.69. The van der Waals surface area contributed by atoms with Crippen LogP contribution in [0.4, 0.5) is 15.3 Å². The molecule has 0 radical (unpaired) electrons. The molecule has 0 unspecified atom stereocenters. The van der Waals surface area contributed by atoms with Gasteiger partial charge in [0.05, 0.1) is 13.0 Å². The number of hydrogen-bond donors (Lipinski definition) is 7. The summed E-state index contributed by atoms with van der Waals surface area (Å²) >= 11 is 0. The molecular weight excluding hydrogens is 757 g/mol. The summed E-state index contributed by atoms with van der Waals surface area (Å²) in [5, 5.41) is 23.8. The SMILES string of the molecule is Cc1cc(C)c(CCOC(=O)[C@H](CC(=O)O)NC(=O)[C@H](CCCCNC(=O)Nc2ccccc2)NC(=O)[C@H](Cc2c[nH]c3ccccc23)NC(=O)OC(C)(C)C)c(C)c1. The Labute approximate surface area is 344 Å². The number of urea groups is 1. The van der Waals surface area contributed by atoms with Crippen molar-refractivity contribution in [2.45, 2.75) is 104 Å². The number of aromatic nitrogens is 1. The molecule has 7 N–H and O–H groups in total. The Hall–Kier alpha value is -6.38. The van der Waals surface area contributed by atoms with Gasteiger partial charge >= 0.3 is 24.1 Å². The maximum atomic E-state index is 14.1.